The van der Waals surface area contributed by atoms with Gasteiger partial charge >= 0.3 is 0 Å². The van der Waals surface area contributed by atoms with E-state index in [2.05, 4.69) is 10.9 Å². The van der Waals surface area contributed by atoms with E-state index < -0.39 is 0 Å². The van der Waals surface area contributed by atoms with Crippen molar-refractivity contribution in [3.05, 3.63) is 35.5 Å². The Labute approximate surface area is 92.8 Å². The fraction of sp³-hybridized carbons (Fsp3) is 0.0833. The Kier molecular flexibility index (Phi) is 2.75. The first-order valence-electron chi connectivity index (χ1n) is 4.43. The van der Waals surface area contributed by atoms with Gasteiger partial charge in [0, 0.05) is 5.39 Å². The standard InChI is InChI=1S/C12H8ClNO/c1-2-8-15-11-5-3-4-10-9(11)6-7-12(13)14-10/h1,3-7H,8H2. The molecule has 0 unspecified atom stereocenters. The molecule has 0 amide bonds. The van der Waals surface area contributed by atoms with Gasteiger partial charge in [0.2, 0.25) is 0 Å². The minimum atomic E-state index is 0.252. The van der Waals surface area contributed by atoms with Gasteiger partial charge in [-0.1, -0.05) is 23.6 Å². The zero-order chi connectivity index (χ0) is 10.7. The lowest BCUT2D eigenvalue weighted by atomic mass is 10.2. The Bertz CT molecular complexity index is 531. The van der Waals surface area contributed by atoms with Crippen molar-refractivity contribution in [3.8, 4) is 18.1 Å². The summed E-state index contributed by atoms with van der Waals surface area (Å²) in [5.74, 6) is 3.15. The predicted molar refractivity (Wildman–Crippen MR) is 61.1 cm³/mol. The SMILES string of the molecule is C#CCOc1cccc2nc(Cl)ccc12. The first-order valence-corrected chi connectivity index (χ1v) is 4.80. The van der Waals surface area contributed by atoms with Crippen molar-refractivity contribution in [2.24, 2.45) is 0 Å². The summed E-state index contributed by atoms with van der Waals surface area (Å²) < 4.78 is 5.39. The largest absolute Gasteiger partial charge is 0.480 e. The Morgan fingerprint density at radius 3 is 3.00 bits per heavy atom. The number of hydrogen-bond donors (Lipinski definition) is 0. The average Bonchev–Trinajstić information content (AvgIpc) is 2.25. The Hall–Kier alpha value is -1.72. The molecule has 15 heavy (non-hydrogen) atoms. The number of ether oxygens (including phenoxy) is 1. The summed E-state index contributed by atoms with van der Waals surface area (Å²) >= 11 is 5.79. The van der Waals surface area contributed by atoms with Crippen LogP contribution in [0.1, 0.15) is 0 Å². The van der Waals surface area contributed by atoms with Crippen LogP contribution in [0.25, 0.3) is 10.9 Å². The highest BCUT2D eigenvalue weighted by molar-refractivity contribution is 6.29. The number of nitrogens with zero attached hydrogens (tertiary/aromatic N) is 1. The second-order valence-corrected chi connectivity index (χ2v) is 3.34. The van der Waals surface area contributed by atoms with Crippen LogP contribution < -0.4 is 4.74 Å². The third kappa shape index (κ3) is 2.03. The Morgan fingerprint density at radius 1 is 1.33 bits per heavy atom. The highest BCUT2D eigenvalue weighted by atomic mass is 35.5. The summed E-state index contributed by atoms with van der Waals surface area (Å²) in [6.07, 6.45) is 5.13. The van der Waals surface area contributed by atoms with E-state index >= 15 is 0 Å². The van der Waals surface area contributed by atoms with E-state index in [0.717, 1.165) is 16.7 Å². The lowest BCUT2D eigenvalue weighted by Crippen LogP contribution is -1.94. The fourth-order valence-corrected chi connectivity index (χ4v) is 1.50. The minimum Gasteiger partial charge on any atom is -0.480 e. The molecule has 0 spiro atoms. The molecule has 0 radical (unpaired) electrons. The van der Waals surface area contributed by atoms with Crippen LogP contribution in [0.15, 0.2) is 30.3 Å². The van der Waals surface area contributed by atoms with Crippen molar-refractivity contribution >= 4 is 22.5 Å². The summed E-state index contributed by atoms with van der Waals surface area (Å²) in [6.45, 7) is 0.252. The molecule has 0 N–H and O–H groups in total. The van der Waals surface area contributed by atoms with E-state index in [9.17, 15) is 0 Å². The minimum absolute atomic E-state index is 0.252. The molecule has 0 saturated heterocycles. The van der Waals surface area contributed by atoms with Crippen molar-refractivity contribution < 1.29 is 4.74 Å². The lowest BCUT2D eigenvalue weighted by molar-refractivity contribution is 0.375. The topological polar surface area (TPSA) is 22.1 Å². The van der Waals surface area contributed by atoms with Gasteiger partial charge in [0.15, 0.2) is 0 Å². The van der Waals surface area contributed by atoms with E-state index in [4.69, 9.17) is 22.8 Å². The number of rotatable bonds is 2. The highest BCUT2D eigenvalue weighted by Gasteiger charge is 2.02. The van der Waals surface area contributed by atoms with Gasteiger partial charge in [0.25, 0.3) is 0 Å². The summed E-state index contributed by atoms with van der Waals surface area (Å²) in [7, 11) is 0. The zero-order valence-corrected chi connectivity index (χ0v) is 8.66. The van der Waals surface area contributed by atoms with Crippen LogP contribution in [0, 0.1) is 12.3 Å². The normalized spacial score (nSPS) is 9.87. The first kappa shape index (κ1) is 9.82. The zero-order valence-electron chi connectivity index (χ0n) is 7.90. The van der Waals surface area contributed by atoms with Gasteiger partial charge in [-0.2, -0.15) is 0 Å². The predicted octanol–water partition coefficient (Wildman–Crippen LogP) is 2.90. The third-order valence-electron chi connectivity index (χ3n) is 1.97. The van der Waals surface area contributed by atoms with Crippen LogP contribution in [0.5, 0.6) is 5.75 Å². The third-order valence-corrected chi connectivity index (χ3v) is 2.18. The summed E-state index contributed by atoms with van der Waals surface area (Å²) in [5.41, 5.74) is 0.803. The van der Waals surface area contributed by atoms with Crippen molar-refractivity contribution in [3.63, 3.8) is 0 Å². The van der Waals surface area contributed by atoms with Gasteiger partial charge in [-0.15, -0.1) is 6.42 Å². The molecule has 0 aliphatic rings. The van der Waals surface area contributed by atoms with Crippen molar-refractivity contribution in [1.29, 1.82) is 0 Å². The smallest absolute Gasteiger partial charge is 0.148 e. The molecule has 0 fully saturated rings. The molecule has 1 aromatic heterocycles. The lowest BCUT2D eigenvalue weighted by Gasteiger charge is -2.05. The maximum atomic E-state index is 5.79. The molecular weight excluding hydrogens is 210 g/mol. The summed E-state index contributed by atoms with van der Waals surface area (Å²) in [6, 6.07) is 9.19. The summed E-state index contributed by atoms with van der Waals surface area (Å²) in [5, 5.41) is 1.38. The van der Waals surface area contributed by atoms with Crippen molar-refractivity contribution in [2.75, 3.05) is 6.61 Å². The van der Waals surface area contributed by atoms with Crippen LogP contribution in [-0.4, -0.2) is 11.6 Å². The Balaban J connectivity index is 2.52. The maximum absolute atomic E-state index is 5.79. The van der Waals surface area contributed by atoms with Crippen LogP contribution in [0.2, 0.25) is 5.15 Å². The van der Waals surface area contributed by atoms with E-state index in [-0.39, 0.29) is 6.61 Å². The molecule has 1 heterocycles. The van der Waals surface area contributed by atoms with Gasteiger partial charge in [0.1, 0.15) is 17.5 Å². The number of pyridine rings is 1. The number of fused-ring (bicyclic) bond motifs is 1. The number of benzene rings is 1. The maximum Gasteiger partial charge on any atom is 0.148 e. The van der Waals surface area contributed by atoms with Gasteiger partial charge in [0.05, 0.1) is 5.52 Å². The van der Waals surface area contributed by atoms with E-state index in [0.29, 0.717) is 5.15 Å². The number of halogens is 1. The Morgan fingerprint density at radius 2 is 2.20 bits per heavy atom. The number of terminal acetylenes is 1. The van der Waals surface area contributed by atoms with Crippen LogP contribution >= 0.6 is 11.6 Å². The molecule has 0 atom stereocenters. The van der Waals surface area contributed by atoms with E-state index in [1.54, 1.807) is 6.07 Å². The van der Waals surface area contributed by atoms with Crippen LogP contribution in [0.4, 0.5) is 0 Å². The second kappa shape index (κ2) is 4.20. The monoisotopic (exact) mass is 217 g/mol. The van der Waals surface area contributed by atoms with Gasteiger partial charge in [-0.3, -0.25) is 0 Å². The molecular formula is C12H8ClNO. The number of aromatic nitrogens is 1. The average molecular weight is 218 g/mol. The highest BCUT2D eigenvalue weighted by Crippen LogP contribution is 2.25. The molecule has 2 aromatic rings. The van der Waals surface area contributed by atoms with E-state index in [1.165, 1.54) is 0 Å². The van der Waals surface area contributed by atoms with Crippen LogP contribution in [0.3, 0.4) is 0 Å². The molecule has 0 saturated carbocycles. The molecule has 0 bridgehead atoms. The molecule has 0 aliphatic carbocycles. The molecule has 1 aromatic carbocycles. The van der Waals surface area contributed by atoms with Crippen LogP contribution in [-0.2, 0) is 0 Å². The van der Waals surface area contributed by atoms with E-state index in [1.807, 2.05) is 24.3 Å². The molecule has 2 nitrogen and oxygen atoms in total. The first-order chi connectivity index (χ1) is 7.31. The van der Waals surface area contributed by atoms with Crippen molar-refractivity contribution in [1.82, 2.24) is 4.98 Å². The van der Waals surface area contributed by atoms with Crippen molar-refractivity contribution in [2.45, 2.75) is 0 Å². The second-order valence-electron chi connectivity index (χ2n) is 2.95. The quantitative estimate of drug-likeness (QED) is 0.570. The van der Waals surface area contributed by atoms with Gasteiger partial charge in [-0.05, 0) is 24.3 Å². The number of hydrogen-bond acceptors (Lipinski definition) is 2. The molecule has 2 rings (SSSR count). The molecule has 3 heteroatoms. The summed E-state index contributed by atoms with van der Waals surface area (Å²) in [4.78, 5) is 4.18. The fourth-order valence-electron chi connectivity index (χ4n) is 1.35. The van der Waals surface area contributed by atoms with Gasteiger partial charge < -0.3 is 4.74 Å². The molecule has 0 aliphatic heterocycles. The molecule has 74 valence electrons. The van der Waals surface area contributed by atoms with Gasteiger partial charge in [-0.25, -0.2) is 4.98 Å².